The SMILES string of the molecule is COc1ccc([C@@H](CC(C)C)NC(=O)Nc2ccccc2)cc1. The van der Waals surface area contributed by atoms with Crippen LogP contribution in [0.5, 0.6) is 5.75 Å². The Bertz CT molecular complexity index is 609. The van der Waals surface area contributed by atoms with E-state index in [0.717, 1.165) is 23.4 Å². The molecule has 0 aliphatic carbocycles. The Balaban J connectivity index is 2.06. The summed E-state index contributed by atoms with van der Waals surface area (Å²) in [6.45, 7) is 4.29. The molecule has 0 heterocycles. The number of amides is 2. The van der Waals surface area contributed by atoms with Crippen LogP contribution in [0.1, 0.15) is 31.9 Å². The maximum atomic E-state index is 12.3. The number of carbonyl (C=O) groups excluding carboxylic acids is 1. The summed E-state index contributed by atoms with van der Waals surface area (Å²) in [6, 6.07) is 17.0. The summed E-state index contributed by atoms with van der Waals surface area (Å²) in [7, 11) is 1.65. The number of carbonyl (C=O) groups is 1. The molecule has 4 nitrogen and oxygen atoms in total. The van der Waals surface area contributed by atoms with Gasteiger partial charge in [-0.05, 0) is 42.2 Å². The molecule has 2 aromatic rings. The maximum Gasteiger partial charge on any atom is 0.319 e. The van der Waals surface area contributed by atoms with Crippen LogP contribution >= 0.6 is 0 Å². The molecule has 0 unspecified atom stereocenters. The first-order valence-corrected chi connectivity index (χ1v) is 7.85. The molecule has 0 aliphatic rings. The molecule has 0 radical (unpaired) electrons. The first kappa shape index (κ1) is 16.9. The number of para-hydroxylation sites is 1. The molecule has 23 heavy (non-hydrogen) atoms. The molecule has 0 aromatic heterocycles. The van der Waals surface area contributed by atoms with Gasteiger partial charge in [0.1, 0.15) is 5.75 Å². The van der Waals surface area contributed by atoms with Crippen molar-refractivity contribution in [3.05, 3.63) is 60.2 Å². The molecule has 0 saturated heterocycles. The van der Waals surface area contributed by atoms with Crippen molar-refractivity contribution in [2.75, 3.05) is 12.4 Å². The Morgan fingerprint density at radius 2 is 1.70 bits per heavy atom. The first-order valence-electron chi connectivity index (χ1n) is 7.85. The molecule has 0 aliphatic heterocycles. The number of ether oxygens (including phenoxy) is 1. The summed E-state index contributed by atoms with van der Waals surface area (Å²) in [5, 5.41) is 5.92. The van der Waals surface area contributed by atoms with Gasteiger partial charge in [-0.2, -0.15) is 0 Å². The van der Waals surface area contributed by atoms with Crippen molar-refractivity contribution in [3.8, 4) is 5.75 Å². The minimum atomic E-state index is -0.197. The standard InChI is InChI=1S/C19H24N2O2/c1-14(2)13-18(15-9-11-17(23-3)12-10-15)21-19(22)20-16-7-5-4-6-8-16/h4-12,14,18H,13H2,1-3H3,(H2,20,21,22)/t18-/m1/s1. The van der Waals surface area contributed by atoms with Crippen molar-refractivity contribution in [3.63, 3.8) is 0 Å². The van der Waals surface area contributed by atoms with Crippen molar-refractivity contribution < 1.29 is 9.53 Å². The third-order valence-electron chi connectivity index (χ3n) is 3.56. The van der Waals surface area contributed by atoms with E-state index in [4.69, 9.17) is 4.74 Å². The predicted octanol–water partition coefficient (Wildman–Crippen LogP) is 4.60. The van der Waals surface area contributed by atoms with Gasteiger partial charge in [0.25, 0.3) is 0 Å². The van der Waals surface area contributed by atoms with Crippen molar-refractivity contribution >= 4 is 11.7 Å². The van der Waals surface area contributed by atoms with Crippen LogP contribution in [0.25, 0.3) is 0 Å². The zero-order chi connectivity index (χ0) is 16.7. The van der Waals surface area contributed by atoms with Gasteiger partial charge in [-0.1, -0.05) is 44.2 Å². The highest BCUT2D eigenvalue weighted by Gasteiger charge is 2.16. The van der Waals surface area contributed by atoms with E-state index in [9.17, 15) is 4.79 Å². The average molecular weight is 312 g/mol. The quantitative estimate of drug-likeness (QED) is 0.818. The minimum Gasteiger partial charge on any atom is -0.497 e. The van der Waals surface area contributed by atoms with E-state index in [1.807, 2.05) is 54.6 Å². The van der Waals surface area contributed by atoms with Crippen molar-refractivity contribution in [1.82, 2.24) is 5.32 Å². The molecule has 0 saturated carbocycles. The lowest BCUT2D eigenvalue weighted by atomic mass is 9.97. The third-order valence-corrected chi connectivity index (χ3v) is 3.56. The fourth-order valence-corrected chi connectivity index (χ4v) is 2.43. The number of anilines is 1. The second-order valence-corrected chi connectivity index (χ2v) is 5.92. The molecule has 122 valence electrons. The van der Waals surface area contributed by atoms with Gasteiger partial charge < -0.3 is 15.4 Å². The van der Waals surface area contributed by atoms with Crippen LogP contribution in [0.2, 0.25) is 0 Å². The molecule has 2 rings (SSSR count). The zero-order valence-corrected chi connectivity index (χ0v) is 13.9. The summed E-state index contributed by atoms with van der Waals surface area (Å²) in [6.07, 6.45) is 0.870. The highest BCUT2D eigenvalue weighted by atomic mass is 16.5. The lowest BCUT2D eigenvalue weighted by Crippen LogP contribution is -2.33. The summed E-state index contributed by atoms with van der Waals surface area (Å²) in [5.74, 6) is 1.28. The largest absolute Gasteiger partial charge is 0.497 e. The molecule has 2 N–H and O–H groups in total. The number of benzene rings is 2. The van der Waals surface area contributed by atoms with E-state index in [-0.39, 0.29) is 12.1 Å². The number of urea groups is 1. The van der Waals surface area contributed by atoms with Crippen LogP contribution in [0, 0.1) is 5.92 Å². The Labute approximate surface area is 137 Å². The Hall–Kier alpha value is -2.49. The molecule has 4 heteroatoms. The van der Waals surface area contributed by atoms with Crippen molar-refractivity contribution in [2.45, 2.75) is 26.3 Å². The van der Waals surface area contributed by atoms with Gasteiger partial charge in [0.05, 0.1) is 13.2 Å². The van der Waals surface area contributed by atoms with Crippen LogP contribution in [0.3, 0.4) is 0 Å². The fraction of sp³-hybridized carbons (Fsp3) is 0.316. The average Bonchev–Trinajstić information content (AvgIpc) is 2.55. The van der Waals surface area contributed by atoms with E-state index in [1.165, 1.54) is 0 Å². The van der Waals surface area contributed by atoms with E-state index < -0.39 is 0 Å². The van der Waals surface area contributed by atoms with Gasteiger partial charge in [-0.3, -0.25) is 0 Å². The number of rotatable bonds is 6. The number of nitrogens with one attached hydrogen (secondary N) is 2. The summed E-state index contributed by atoms with van der Waals surface area (Å²) >= 11 is 0. The molecule has 2 aromatic carbocycles. The van der Waals surface area contributed by atoms with Gasteiger partial charge in [-0.25, -0.2) is 4.79 Å². The molecule has 1 atom stereocenters. The van der Waals surface area contributed by atoms with Crippen molar-refractivity contribution in [1.29, 1.82) is 0 Å². The Kier molecular flexibility index (Phi) is 6.03. The lowest BCUT2D eigenvalue weighted by molar-refractivity contribution is 0.246. The van der Waals surface area contributed by atoms with Gasteiger partial charge in [0, 0.05) is 5.69 Å². The number of methoxy groups -OCH3 is 1. The molecule has 0 fully saturated rings. The summed E-state index contributed by atoms with van der Waals surface area (Å²) in [5.41, 5.74) is 1.85. The Morgan fingerprint density at radius 1 is 1.04 bits per heavy atom. The topological polar surface area (TPSA) is 50.4 Å². The van der Waals surface area contributed by atoms with Gasteiger partial charge in [0.15, 0.2) is 0 Å². The predicted molar refractivity (Wildman–Crippen MR) is 93.8 cm³/mol. The van der Waals surface area contributed by atoms with Gasteiger partial charge in [0.2, 0.25) is 0 Å². The van der Waals surface area contributed by atoms with E-state index in [2.05, 4.69) is 24.5 Å². The van der Waals surface area contributed by atoms with E-state index in [1.54, 1.807) is 7.11 Å². The molecule has 0 spiro atoms. The molecule has 2 amide bonds. The molecular formula is C19H24N2O2. The fourth-order valence-electron chi connectivity index (χ4n) is 2.43. The smallest absolute Gasteiger partial charge is 0.319 e. The van der Waals surface area contributed by atoms with E-state index >= 15 is 0 Å². The second-order valence-electron chi connectivity index (χ2n) is 5.92. The van der Waals surface area contributed by atoms with Crippen LogP contribution in [0.15, 0.2) is 54.6 Å². The normalized spacial score (nSPS) is 11.8. The zero-order valence-electron chi connectivity index (χ0n) is 13.9. The highest BCUT2D eigenvalue weighted by Crippen LogP contribution is 2.23. The number of hydrogen-bond acceptors (Lipinski definition) is 2. The third kappa shape index (κ3) is 5.33. The minimum absolute atomic E-state index is 0.0374. The lowest BCUT2D eigenvalue weighted by Gasteiger charge is -2.21. The highest BCUT2D eigenvalue weighted by molar-refractivity contribution is 5.89. The molecular weight excluding hydrogens is 288 g/mol. The number of hydrogen-bond donors (Lipinski definition) is 2. The summed E-state index contributed by atoms with van der Waals surface area (Å²) < 4.78 is 5.19. The molecule has 0 bridgehead atoms. The van der Waals surface area contributed by atoms with Crippen LogP contribution in [0.4, 0.5) is 10.5 Å². The second kappa shape index (κ2) is 8.22. The Morgan fingerprint density at radius 3 is 2.26 bits per heavy atom. The van der Waals surface area contributed by atoms with Gasteiger partial charge in [-0.15, -0.1) is 0 Å². The van der Waals surface area contributed by atoms with Crippen molar-refractivity contribution in [2.24, 2.45) is 5.92 Å². The van der Waals surface area contributed by atoms with E-state index in [0.29, 0.717) is 5.92 Å². The first-order chi connectivity index (χ1) is 11.1. The van der Waals surface area contributed by atoms with Crippen LogP contribution < -0.4 is 15.4 Å². The van der Waals surface area contributed by atoms with Gasteiger partial charge >= 0.3 is 6.03 Å². The van der Waals surface area contributed by atoms with Crippen LogP contribution in [-0.2, 0) is 0 Å². The maximum absolute atomic E-state index is 12.3. The monoisotopic (exact) mass is 312 g/mol. The van der Waals surface area contributed by atoms with Crippen LogP contribution in [-0.4, -0.2) is 13.1 Å². The summed E-state index contributed by atoms with van der Waals surface area (Å²) in [4.78, 5) is 12.3.